The first-order valence-electron chi connectivity index (χ1n) is 7.55. The van der Waals surface area contributed by atoms with Gasteiger partial charge in [0, 0.05) is 38.6 Å². The van der Waals surface area contributed by atoms with Crippen LogP contribution in [0.5, 0.6) is 0 Å². The second kappa shape index (κ2) is 6.20. The van der Waals surface area contributed by atoms with Crippen LogP contribution >= 0.6 is 11.3 Å². The van der Waals surface area contributed by atoms with Crippen LogP contribution in [0.3, 0.4) is 0 Å². The molecule has 4 heteroatoms. The molecule has 0 atom stereocenters. The lowest BCUT2D eigenvalue weighted by Crippen LogP contribution is -2.44. The average Bonchev–Trinajstić information content (AvgIpc) is 2.89. The summed E-state index contributed by atoms with van der Waals surface area (Å²) in [5.74, 6) is 0.525. The predicted molar refractivity (Wildman–Crippen MR) is 86.7 cm³/mol. The number of piperazine rings is 1. The number of rotatable bonds is 4. The third-order valence-corrected chi connectivity index (χ3v) is 5.21. The summed E-state index contributed by atoms with van der Waals surface area (Å²) in [5.41, 5.74) is 2.60. The molecule has 0 saturated carbocycles. The number of nitrogens with one attached hydrogen (secondary N) is 1. The van der Waals surface area contributed by atoms with Crippen LogP contribution in [-0.2, 0) is 6.42 Å². The number of hydrogen-bond donors (Lipinski definition) is 1. The Bertz CT molecular complexity index is 570. The van der Waals surface area contributed by atoms with Crippen molar-refractivity contribution in [1.82, 2.24) is 15.2 Å². The summed E-state index contributed by atoms with van der Waals surface area (Å²) in [7, 11) is 0. The number of hydrogen-bond acceptors (Lipinski definition) is 4. The standard InChI is InChI=1S/C16H23N3S/c1-12(2)16-18-14-4-3-13(11-15(14)20-16)5-8-19-9-6-17-7-10-19/h3-4,11-12,17H,5-10H2,1-2H3. The van der Waals surface area contributed by atoms with Crippen LogP contribution < -0.4 is 5.32 Å². The molecular formula is C16H23N3S. The van der Waals surface area contributed by atoms with E-state index in [0.717, 1.165) is 25.0 Å². The minimum absolute atomic E-state index is 0.525. The summed E-state index contributed by atoms with van der Waals surface area (Å²) >= 11 is 1.85. The fraction of sp³-hybridized carbons (Fsp3) is 0.562. The van der Waals surface area contributed by atoms with Crippen LogP contribution in [0.2, 0.25) is 0 Å². The van der Waals surface area contributed by atoms with E-state index in [1.165, 1.54) is 34.9 Å². The van der Waals surface area contributed by atoms with Crippen molar-refractivity contribution >= 4 is 21.6 Å². The minimum Gasteiger partial charge on any atom is -0.314 e. The minimum atomic E-state index is 0.525. The normalized spacial score (nSPS) is 17.1. The molecule has 1 saturated heterocycles. The molecule has 0 unspecified atom stereocenters. The lowest BCUT2D eigenvalue weighted by atomic mass is 10.1. The maximum atomic E-state index is 4.70. The van der Waals surface area contributed by atoms with Gasteiger partial charge in [-0.3, -0.25) is 0 Å². The molecule has 1 aliphatic rings. The monoisotopic (exact) mass is 289 g/mol. The third-order valence-electron chi connectivity index (χ3n) is 3.89. The summed E-state index contributed by atoms with van der Waals surface area (Å²) in [6.45, 7) is 10.2. The predicted octanol–water partition coefficient (Wildman–Crippen LogP) is 2.87. The van der Waals surface area contributed by atoms with Gasteiger partial charge in [0.1, 0.15) is 0 Å². The van der Waals surface area contributed by atoms with Crippen LogP contribution in [0.1, 0.15) is 30.3 Å². The molecule has 0 radical (unpaired) electrons. The van der Waals surface area contributed by atoms with Gasteiger partial charge in [0.05, 0.1) is 15.2 Å². The molecule has 108 valence electrons. The van der Waals surface area contributed by atoms with E-state index >= 15 is 0 Å². The molecule has 0 amide bonds. The Morgan fingerprint density at radius 3 is 2.85 bits per heavy atom. The molecule has 0 aliphatic carbocycles. The molecule has 2 aromatic rings. The smallest absolute Gasteiger partial charge is 0.0963 e. The van der Waals surface area contributed by atoms with E-state index in [0.29, 0.717) is 5.92 Å². The van der Waals surface area contributed by atoms with Gasteiger partial charge in [0.2, 0.25) is 0 Å². The van der Waals surface area contributed by atoms with Crippen LogP contribution in [0.25, 0.3) is 10.2 Å². The van der Waals surface area contributed by atoms with E-state index in [1.54, 1.807) is 0 Å². The van der Waals surface area contributed by atoms with Gasteiger partial charge < -0.3 is 10.2 Å². The van der Waals surface area contributed by atoms with Crippen LogP contribution in [-0.4, -0.2) is 42.6 Å². The Morgan fingerprint density at radius 2 is 2.10 bits per heavy atom. The van der Waals surface area contributed by atoms with E-state index < -0.39 is 0 Å². The van der Waals surface area contributed by atoms with E-state index in [9.17, 15) is 0 Å². The average molecular weight is 289 g/mol. The molecule has 20 heavy (non-hydrogen) atoms. The molecule has 3 nitrogen and oxygen atoms in total. The lowest BCUT2D eigenvalue weighted by molar-refractivity contribution is 0.244. The number of nitrogens with zero attached hydrogens (tertiary/aromatic N) is 2. The van der Waals surface area contributed by atoms with Crippen molar-refractivity contribution < 1.29 is 0 Å². The summed E-state index contributed by atoms with van der Waals surface area (Å²) in [5, 5.41) is 4.65. The van der Waals surface area contributed by atoms with Crippen molar-refractivity contribution in [2.45, 2.75) is 26.2 Å². The van der Waals surface area contributed by atoms with Crippen LogP contribution in [0, 0.1) is 0 Å². The summed E-state index contributed by atoms with van der Waals surface area (Å²) in [6.07, 6.45) is 1.14. The lowest BCUT2D eigenvalue weighted by Gasteiger charge is -2.27. The molecule has 0 bridgehead atoms. The van der Waals surface area contributed by atoms with Crippen LogP contribution in [0.15, 0.2) is 18.2 Å². The molecule has 1 aliphatic heterocycles. The second-order valence-corrected chi connectivity index (χ2v) is 6.91. The Balaban J connectivity index is 1.68. The molecule has 1 aromatic heterocycles. The first-order valence-corrected chi connectivity index (χ1v) is 8.36. The summed E-state index contributed by atoms with van der Waals surface area (Å²) in [4.78, 5) is 7.25. The van der Waals surface area contributed by atoms with Gasteiger partial charge in [-0.2, -0.15) is 0 Å². The third kappa shape index (κ3) is 3.19. The van der Waals surface area contributed by atoms with Gasteiger partial charge in [-0.25, -0.2) is 4.98 Å². The van der Waals surface area contributed by atoms with E-state index in [4.69, 9.17) is 4.98 Å². The topological polar surface area (TPSA) is 28.2 Å². The number of thiazole rings is 1. The van der Waals surface area contributed by atoms with Gasteiger partial charge in [-0.15, -0.1) is 11.3 Å². The highest BCUT2D eigenvalue weighted by Gasteiger charge is 2.10. The molecule has 2 heterocycles. The van der Waals surface area contributed by atoms with E-state index in [1.807, 2.05) is 11.3 Å². The van der Waals surface area contributed by atoms with Gasteiger partial charge in [0.15, 0.2) is 0 Å². The second-order valence-electron chi connectivity index (χ2n) is 5.85. The fourth-order valence-corrected chi connectivity index (χ4v) is 3.64. The van der Waals surface area contributed by atoms with Crippen molar-refractivity contribution in [1.29, 1.82) is 0 Å². The number of benzene rings is 1. The summed E-state index contributed by atoms with van der Waals surface area (Å²) < 4.78 is 1.34. The Hall–Kier alpha value is -0.970. The Kier molecular flexibility index (Phi) is 4.34. The first-order chi connectivity index (χ1) is 9.72. The van der Waals surface area contributed by atoms with E-state index in [-0.39, 0.29) is 0 Å². The zero-order valence-corrected chi connectivity index (χ0v) is 13.2. The Labute approximate surface area is 125 Å². The highest BCUT2D eigenvalue weighted by atomic mass is 32.1. The zero-order valence-electron chi connectivity index (χ0n) is 12.4. The van der Waals surface area contributed by atoms with Gasteiger partial charge in [-0.1, -0.05) is 19.9 Å². The van der Waals surface area contributed by atoms with E-state index in [2.05, 4.69) is 42.3 Å². The quantitative estimate of drug-likeness (QED) is 0.938. The molecule has 1 aromatic carbocycles. The van der Waals surface area contributed by atoms with Crippen molar-refractivity contribution in [2.75, 3.05) is 32.7 Å². The molecule has 1 N–H and O–H groups in total. The molecular weight excluding hydrogens is 266 g/mol. The van der Waals surface area contributed by atoms with Crippen LogP contribution in [0.4, 0.5) is 0 Å². The highest BCUT2D eigenvalue weighted by Crippen LogP contribution is 2.28. The van der Waals surface area contributed by atoms with Gasteiger partial charge in [-0.05, 0) is 24.1 Å². The highest BCUT2D eigenvalue weighted by molar-refractivity contribution is 7.18. The number of aromatic nitrogens is 1. The molecule has 0 spiro atoms. The molecule has 3 rings (SSSR count). The van der Waals surface area contributed by atoms with Crippen molar-refractivity contribution in [3.8, 4) is 0 Å². The van der Waals surface area contributed by atoms with Crippen molar-refractivity contribution in [3.63, 3.8) is 0 Å². The first kappa shape index (κ1) is 14.0. The molecule has 1 fully saturated rings. The van der Waals surface area contributed by atoms with Gasteiger partial charge in [0.25, 0.3) is 0 Å². The van der Waals surface area contributed by atoms with Crippen molar-refractivity contribution in [3.05, 3.63) is 28.8 Å². The van der Waals surface area contributed by atoms with Crippen molar-refractivity contribution in [2.24, 2.45) is 0 Å². The van der Waals surface area contributed by atoms with Gasteiger partial charge >= 0.3 is 0 Å². The number of fused-ring (bicyclic) bond motifs is 1. The largest absolute Gasteiger partial charge is 0.314 e. The Morgan fingerprint density at radius 1 is 1.30 bits per heavy atom. The maximum Gasteiger partial charge on any atom is 0.0963 e. The maximum absolute atomic E-state index is 4.70. The summed E-state index contributed by atoms with van der Waals surface area (Å²) in [6, 6.07) is 6.76. The SMILES string of the molecule is CC(C)c1nc2ccc(CCN3CCNCC3)cc2s1. The fourth-order valence-electron chi connectivity index (χ4n) is 2.61. The zero-order chi connectivity index (χ0) is 13.9.